The van der Waals surface area contributed by atoms with E-state index >= 15 is 0 Å². The fourth-order valence-corrected chi connectivity index (χ4v) is 1.99. The van der Waals surface area contributed by atoms with Crippen LogP contribution in [0.5, 0.6) is 5.75 Å². The Kier molecular flexibility index (Phi) is 3.89. The van der Waals surface area contributed by atoms with E-state index in [1.54, 1.807) is 6.92 Å². The maximum Gasteiger partial charge on any atom is 0.227 e. The van der Waals surface area contributed by atoms with Gasteiger partial charge >= 0.3 is 0 Å². The molecule has 0 aromatic heterocycles. The molecular formula is C13H17N3O3. The Labute approximate surface area is 111 Å². The highest BCUT2D eigenvalue weighted by molar-refractivity contribution is 5.90. The number of carbonyl (C=O) groups is 1. The van der Waals surface area contributed by atoms with Gasteiger partial charge in [-0.25, -0.2) is 0 Å². The van der Waals surface area contributed by atoms with E-state index in [2.05, 4.69) is 10.5 Å². The van der Waals surface area contributed by atoms with Crippen LogP contribution >= 0.6 is 0 Å². The third-order valence-corrected chi connectivity index (χ3v) is 3.17. The molecule has 0 spiro atoms. The quantitative estimate of drug-likeness (QED) is 0.320. The molecule has 1 heterocycles. The molecule has 2 unspecified atom stereocenters. The molecular weight excluding hydrogens is 246 g/mol. The van der Waals surface area contributed by atoms with E-state index in [4.69, 9.17) is 15.7 Å². The Bertz CT molecular complexity index is 502. The third kappa shape index (κ3) is 2.96. The Hall–Kier alpha value is -2.24. The van der Waals surface area contributed by atoms with E-state index in [9.17, 15) is 4.79 Å². The summed E-state index contributed by atoms with van der Waals surface area (Å²) in [6.45, 7) is 2.00. The molecule has 0 aliphatic carbocycles. The Morgan fingerprint density at radius 2 is 2.32 bits per heavy atom. The van der Waals surface area contributed by atoms with Gasteiger partial charge in [0.2, 0.25) is 5.91 Å². The van der Waals surface area contributed by atoms with Crippen LogP contribution in [0, 0.1) is 5.92 Å². The van der Waals surface area contributed by atoms with Crippen molar-refractivity contribution in [1.82, 2.24) is 5.32 Å². The second-order valence-corrected chi connectivity index (χ2v) is 4.57. The van der Waals surface area contributed by atoms with Gasteiger partial charge in [-0.15, -0.1) is 0 Å². The largest absolute Gasteiger partial charge is 0.492 e. The lowest BCUT2D eigenvalue weighted by Gasteiger charge is -2.25. The molecule has 102 valence electrons. The predicted octanol–water partition coefficient (Wildman–Crippen LogP) is 0.489. The number of rotatable bonds is 3. The maximum atomic E-state index is 12.1. The smallest absolute Gasteiger partial charge is 0.227 e. The van der Waals surface area contributed by atoms with Crippen molar-refractivity contribution >= 4 is 11.7 Å². The number of nitrogens with two attached hydrogens (primary N) is 1. The zero-order valence-electron chi connectivity index (χ0n) is 10.7. The SMILES string of the molecule is CC(NC(=O)C1COc2ccccc2C1)C(N)=NO. The molecule has 2 rings (SSSR count). The highest BCUT2D eigenvalue weighted by Crippen LogP contribution is 2.26. The maximum absolute atomic E-state index is 12.1. The first-order valence-corrected chi connectivity index (χ1v) is 6.10. The second-order valence-electron chi connectivity index (χ2n) is 4.57. The summed E-state index contributed by atoms with van der Waals surface area (Å²) in [4.78, 5) is 12.1. The zero-order valence-corrected chi connectivity index (χ0v) is 10.7. The highest BCUT2D eigenvalue weighted by Gasteiger charge is 2.27. The van der Waals surface area contributed by atoms with Crippen molar-refractivity contribution < 1.29 is 14.7 Å². The van der Waals surface area contributed by atoms with E-state index < -0.39 is 6.04 Å². The predicted molar refractivity (Wildman–Crippen MR) is 70.1 cm³/mol. The Morgan fingerprint density at radius 3 is 3.05 bits per heavy atom. The van der Waals surface area contributed by atoms with Gasteiger partial charge in [0.25, 0.3) is 0 Å². The molecule has 1 amide bonds. The van der Waals surface area contributed by atoms with Gasteiger partial charge in [-0.2, -0.15) is 0 Å². The number of oxime groups is 1. The molecule has 0 saturated carbocycles. The molecule has 1 aliphatic rings. The molecule has 19 heavy (non-hydrogen) atoms. The van der Waals surface area contributed by atoms with Crippen LogP contribution in [-0.2, 0) is 11.2 Å². The molecule has 0 bridgehead atoms. The molecule has 1 aromatic carbocycles. The van der Waals surface area contributed by atoms with Crippen LogP contribution in [0.4, 0.5) is 0 Å². The molecule has 0 saturated heterocycles. The molecule has 0 radical (unpaired) electrons. The molecule has 1 aromatic rings. The number of carbonyl (C=O) groups excluding carboxylic acids is 1. The minimum Gasteiger partial charge on any atom is -0.492 e. The summed E-state index contributed by atoms with van der Waals surface area (Å²) in [6, 6.07) is 7.15. The van der Waals surface area contributed by atoms with Gasteiger partial charge in [-0.05, 0) is 25.0 Å². The molecule has 6 heteroatoms. The van der Waals surface area contributed by atoms with Gasteiger partial charge in [0.15, 0.2) is 5.84 Å². The number of para-hydroxylation sites is 1. The van der Waals surface area contributed by atoms with Crippen molar-refractivity contribution in [3.05, 3.63) is 29.8 Å². The lowest BCUT2D eigenvalue weighted by Crippen LogP contribution is -2.47. The molecule has 2 atom stereocenters. The lowest BCUT2D eigenvalue weighted by atomic mass is 9.96. The van der Waals surface area contributed by atoms with E-state index in [0.717, 1.165) is 11.3 Å². The van der Waals surface area contributed by atoms with Gasteiger partial charge in [-0.1, -0.05) is 23.4 Å². The molecule has 6 nitrogen and oxygen atoms in total. The summed E-state index contributed by atoms with van der Waals surface area (Å²) < 4.78 is 5.55. The standard InChI is InChI=1S/C13H17N3O3/c1-8(12(14)16-18)15-13(17)10-6-9-4-2-3-5-11(9)19-7-10/h2-5,8,10,18H,6-7H2,1H3,(H2,14,16)(H,15,17). The average Bonchev–Trinajstić information content (AvgIpc) is 2.45. The number of amides is 1. The lowest BCUT2D eigenvalue weighted by molar-refractivity contribution is -0.126. The number of ether oxygens (including phenoxy) is 1. The van der Waals surface area contributed by atoms with Crippen LogP contribution in [0.3, 0.4) is 0 Å². The summed E-state index contributed by atoms with van der Waals surface area (Å²) in [5, 5.41) is 14.1. The van der Waals surface area contributed by atoms with Crippen molar-refractivity contribution in [1.29, 1.82) is 0 Å². The number of benzene rings is 1. The van der Waals surface area contributed by atoms with Gasteiger partial charge in [0.05, 0.1) is 12.0 Å². The van der Waals surface area contributed by atoms with Gasteiger partial charge in [0.1, 0.15) is 12.4 Å². The van der Waals surface area contributed by atoms with Gasteiger partial charge in [0, 0.05) is 0 Å². The van der Waals surface area contributed by atoms with E-state index in [-0.39, 0.29) is 17.7 Å². The number of hydrogen-bond donors (Lipinski definition) is 3. The number of nitrogens with zero attached hydrogens (tertiary/aromatic N) is 1. The van der Waals surface area contributed by atoms with Crippen LogP contribution in [0.25, 0.3) is 0 Å². The van der Waals surface area contributed by atoms with E-state index in [0.29, 0.717) is 13.0 Å². The monoisotopic (exact) mass is 263 g/mol. The van der Waals surface area contributed by atoms with Gasteiger partial charge in [-0.3, -0.25) is 4.79 Å². The van der Waals surface area contributed by atoms with Crippen molar-refractivity contribution in [2.45, 2.75) is 19.4 Å². The topological polar surface area (TPSA) is 96.9 Å². The van der Waals surface area contributed by atoms with Crippen LogP contribution in [0.1, 0.15) is 12.5 Å². The number of fused-ring (bicyclic) bond motifs is 1. The number of amidine groups is 1. The fraction of sp³-hybridized carbons (Fsp3) is 0.385. The number of nitrogens with one attached hydrogen (secondary N) is 1. The van der Waals surface area contributed by atoms with Crippen LogP contribution < -0.4 is 15.8 Å². The first kappa shape index (κ1) is 13.2. The van der Waals surface area contributed by atoms with Crippen molar-refractivity contribution in [3.63, 3.8) is 0 Å². The average molecular weight is 263 g/mol. The minimum atomic E-state index is -0.505. The summed E-state index contributed by atoms with van der Waals surface area (Å²) >= 11 is 0. The summed E-state index contributed by atoms with van der Waals surface area (Å²) in [5.41, 5.74) is 6.44. The normalized spacial score (nSPS) is 20.1. The zero-order chi connectivity index (χ0) is 13.8. The minimum absolute atomic E-state index is 0.0227. The fourth-order valence-electron chi connectivity index (χ4n) is 1.99. The van der Waals surface area contributed by atoms with Crippen molar-refractivity contribution in [3.8, 4) is 5.75 Å². The van der Waals surface area contributed by atoms with E-state index in [1.165, 1.54) is 0 Å². The van der Waals surface area contributed by atoms with Crippen molar-refractivity contribution in [2.24, 2.45) is 16.8 Å². The first-order valence-electron chi connectivity index (χ1n) is 6.10. The summed E-state index contributed by atoms with van der Waals surface area (Å²) in [7, 11) is 0. The van der Waals surface area contributed by atoms with Crippen molar-refractivity contribution in [2.75, 3.05) is 6.61 Å². The number of hydrogen-bond acceptors (Lipinski definition) is 4. The second kappa shape index (κ2) is 5.60. The van der Waals surface area contributed by atoms with E-state index in [1.807, 2.05) is 24.3 Å². The summed E-state index contributed by atoms with van der Waals surface area (Å²) in [5.74, 6) is 0.388. The molecule has 1 aliphatic heterocycles. The van der Waals surface area contributed by atoms with Crippen LogP contribution in [-0.4, -0.2) is 29.6 Å². The first-order chi connectivity index (χ1) is 9.11. The Morgan fingerprint density at radius 1 is 1.58 bits per heavy atom. The molecule has 0 fully saturated rings. The highest BCUT2D eigenvalue weighted by atomic mass is 16.5. The molecule has 4 N–H and O–H groups in total. The van der Waals surface area contributed by atoms with Crippen LogP contribution in [0.15, 0.2) is 29.4 Å². The third-order valence-electron chi connectivity index (χ3n) is 3.17. The van der Waals surface area contributed by atoms with Gasteiger partial charge < -0.3 is 21.0 Å². The summed E-state index contributed by atoms with van der Waals surface area (Å²) in [6.07, 6.45) is 0.630. The van der Waals surface area contributed by atoms with Crippen LogP contribution in [0.2, 0.25) is 0 Å². The Balaban J connectivity index is 1.99.